The molecule has 27 heavy (non-hydrogen) atoms. The maximum atomic E-state index is 13.3. The van der Waals surface area contributed by atoms with Gasteiger partial charge in [-0.3, -0.25) is 4.98 Å². The highest BCUT2D eigenvalue weighted by atomic mass is 19.1. The van der Waals surface area contributed by atoms with Crippen LogP contribution >= 0.6 is 0 Å². The number of aromatic nitrogens is 5. The van der Waals surface area contributed by atoms with Gasteiger partial charge in [-0.05, 0) is 48.5 Å². The maximum absolute atomic E-state index is 13.3. The Morgan fingerprint density at radius 3 is 2.48 bits per heavy atom. The summed E-state index contributed by atoms with van der Waals surface area (Å²) in [7, 11) is 0. The minimum absolute atomic E-state index is 0.276. The van der Waals surface area contributed by atoms with Gasteiger partial charge in [-0.2, -0.15) is 0 Å². The van der Waals surface area contributed by atoms with Crippen molar-refractivity contribution in [3.63, 3.8) is 0 Å². The fraction of sp³-hybridized carbons (Fsp3) is 0. The molecule has 4 aromatic heterocycles. The molecule has 5 nitrogen and oxygen atoms in total. The lowest BCUT2D eigenvalue weighted by atomic mass is 10.1. The molecule has 0 aliphatic rings. The molecular formula is C21H14FN5. The summed E-state index contributed by atoms with van der Waals surface area (Å²) in [6, 6.07) is 14.1. The molecule has 0 saturated heterocycles. The Kier molecular flexibility index (Phi) is 3.53. The first kappa shape index (κ1) is 15.5. The molecule has 4 heterocycles. The number of hydrogen-bond donors (Lipinski definition) is 2. The Morgan fingerprint density at radius 1 is 0.852 bits per heavy atom. The van der Waals surface area contributed by atoms with Gasteiger partial charge < -0.3 is 9.97 Å². The number of halogens is 1. The maximum Gasteiger partial charge on any atom is 0.138 e. The Hall–Kier alpha value is -3.80. The first-order valence-electron chi connectivity index (χ1n) is 8.48. The topological polar surface area (TPSA) is 70.2 Å². The highest BCUT2D eigenvalue weighted by Gasteiger charge is 2.16. The summed E-state index contributed by atoms with van der Waals surface area (Å²) in [5.74, 6) is 0.396. The van der Waals surface area contributed by atoms with Crippen LogP contribution in [0, 0.1) is 5.82 Å². The number of rotatable bonds is 3. The molecule has 0 amide bonds. The first-order valence-corrected chi connectivity index (χ1v) is 8.48. The van der Waals surface area contributed by atoms with Gasteiger partial charge in [-0.25, -0.2) is 14.4 Å². The third-order valence-electron chi connectivity index (χ3n) is 4.46. The lowest BCUT2D eigenvalue weighted by Gasteiger charge is -2.03. The summed E-state index contributed by atoms with van der Waals surface area (Å²) in [4.78, 5) is 19.8. The van der Waals surface area contributed by atoms with Gasteiger partial charge in [0.2, 0.25) is 0 Å². The molecular weight excluding hydrogens is 341 g/mol. The van der Waals surface area contributed by atoms with E-state index in [0.717, 1.165) is 39.1 Å². The summed E-state index contributed by atoms with van der Waals surface area (Å²) in [5.41, 5.74) is 5.18. The molecule has 0 aliphatic carbocycles. The predicted octanol–water partition coefficient (Wildman–Crippen LogP) is 4.82. The average molecular weight is 355 g/mol. The molecule has 2 N–H and O–H groups in total. The van der Waals surface area contributed by atoms with E-state index < -0.39 is 0 Å². The van der Waals surface area contributed by atoms with E-state index in [9.17, 15) is 4.39 Å². The van der Waals surface area contributed by atoms with Gasteiger partial charge in [0.05, 0.1) is 11.4 Å². The second-order valence-corrected chi connectivity index (χ2v) is 6.19. The predicted molar refractivity (Wildman–Crippen MR) is 102 cm³/mol. The van der Waals surface area contributed by atoms with Crippen LogP contribution in [-0.2, 0) is 0 Å². The van der Waals surface area contributed by atoms with Crippen LogP contribution in [0.2, 0.25) is 0 Å². The van der Waals surface area contributed by atoms with Gasteiger partial charge in [-0.15, -0.1) is 0 Å². The number of fused-ring (bicyclic) bond motifs is 1. The zero-order valence-electron chi connectivity index (χ0n) is 14.1. The summed E-state index contributed by atoms with van der Waals surface area (Å²) in [6.45, 7) is 0. The van der Waals surface area contributed by atoms with Crippen LogP contribution in [0.15, 0.2) is 73.3 Å². The number of pyridine rings is 2. The number of nitrogens with one attached hydrogen (secondary N) is 2. The number of H-pyrrole nitrogens is 2. The van der Waals surface area contributed by atoms with Crippen molar-refractivity contribution in [2.45, 2.75) is 0 Å². The molecule has 0 atom stereocenters. The van der Waals surface area contributed by atoms with Crippen LogP contribution in [0.5, 0.6) is 0 Å². The van der Waals surface area contributed by atoms with Crippen LogP contribution in [-0.4, -0.2) is 24.9 Å². The largest absolute Gasteiger partial charge is 0.346 e. The molecule has 0 fully saturated rings. The molecule has 0 bridgehead atoms. The van der Waals surface area contributed by atoms with Crippen LogP contribution < -0.4 is 0 Å². The molecule has 0 unspecified atom stereocenters. The monoisotopic (exact) mass is 355 g/mol. The van der Waals surface area contributed by atoms with Crippen LogP contribution in [0.4, 0.5) is 4.39 Å². The highest BCUT2D eigenvalue weighted by molar-refractivity contribution is 5.86. The number of imidazole rings is 1. The molecule has 5 rings (SSSR count). The number of hydrogen-bond acceptors (Lipinski definition) is 3. The van der Waals surface area contributed by atoms with E-state index in [1.165, 1.54) is 12.1 Å². The normalized spacial score (nSPS) is 11.1. The molecule has 130 valence electrons. The average Bonchev–Trinajstić information content (AvgIpc) is 3.36. The fourth-order valence-corrected chi connectivity index (χ4v) is 3.12. The second-order valence-electron chi connectivity index (χ2n) is 6.19. The summed E-state index contributed by atoms with van der Waals surface area (Å²) in [5, 5.41) is 1.02. The fourth-order valence-electron chi connectivity index (χ4n) is 3.12. The van der Waals surface area contributed by atoms with E-state index in [2.05, 4.69) is 26.0 Å². The van der Waals surface area contributed by atoms with Gasteiger partial charge in [0.1, 0.15) is 17.3 Å². The third-order valence-corrected chi connectivity index (χ3v) is 4.46. The quantitative estimate of drug-likeness (QED) is 0.487. The molecule has 0 radical (unpaired) electrons. The van der Waals surface area contributed by atoms with Crippen molar-refractivity contribution in [3.05, 3.63) is 79.1 Å². The van der Waals surface area contributed by atoms with E-state index in [-0.39, 0.29) is 5.82 Å². The van der Waals surface area contributed by atoms with Crippen molar-refractivity contribution in [2.75, 3.05) is 0 Å². The van der Waals surface area contributed by atoms with Gasteiger partial charge in [0.15, 0.2) is 0 Å². The molecule has 5 aromatic rings. The van der Waals surface area contributed by atoms with Gasteiger partial charge in [0, 0.05) is 46.9 Å². The minimum atomic E-state index is -0.276. The minimum Gasteiger partial charge on any atom is -0.346 e. The molecule has 0 saturated carbocycles. The Labute approximate surface area is 154 Å². The van der Waals surface area contributed by atoms with Gasteiger partial charge in [0.25, 0.3) is 0 Å². The van der Waals surface area contributed by atoms with E-state index in [4.69, 9.17) is 4.98 Å². The summed E-state index contributed by atoms with van der Waals surface area (Å²) < 4.78 is 13.3. The Bertz CT molecular complexity index is 1220. The van der Waals surface area contributed by atoms with Crippen molar-refractivity contribution < 1.29 is 4.39 Å². The molecule has 1 aromatic carbocycles. The Morgan fingerprint density at radius 2 is 1.67 bits per heavy atom. The van der Waals surface area contributed by atoms with Crippen molar-refractivity contribution in [1.82, 2.24) is 24.9 Å². The number of benzene rings is 1. The van der Waals surface area contributed by atoms with Crippen molar-refractivity contribution in [2.24, 2.45) is 0 Å². The van der Waals surface area contributed by atoms with E-state index in [1.807, 2.05) is 30.6 Å². The molecule has 0 spiro atoms. The smallest absolute Gasteiger partial charge is 0.138 e. The van der Waals surface area contributed by atoms with Crippen LogP contribution in [0.3, 0.4) is 0 Å². The highest BCUT2D eigenvalue weighted by Crippen LogP contribution is 2.33. The van der Waals surface area contributed by atoms with Gasteiger partial charge in [-0.1, -0.05) is 0 Å². The van der Waals surface area contributed by atoms with E-state index >= 15 is 0 Å². The zero-order chi connectivity index (χ0) is 18.2. The van der Waals surface area contributed by atoms with Crippen LogP contribution in [0.1, 0.15) is 0 Å². The SMILES string of the molecule is Fc1ccc(-c2nc(-c3ccncc3)c(-c3cnc4[nH]ccc4c3)[nH]2)cc1. The Balaban J connectivity index is 1.71. The van der Waals surface area contributed by atoms with Crippen molar-refractivity contribution in [1.29, 1.82) is 0 Å². The molecule has 0 aliphatic heterocycles. The van der Waals surface area contributed by atoms with E-state index in [0.29, 0.717) is 5.82 Å². The standard InChI is InChI=1S/C21H14FN5/c22-17-3-1-14(2-4-17)21-26-18(13-5-8-23-9-6-13)19(27-21)16-11-15-7-10-24-20(15)25-12-16/h1-12H,(H,24,25)(H,26,27). The third kappa shape index (κ3) is 2.77. The van der Waals surface area contributed by atoms with Crippen molar-refractivity contribution >= 4 is 11.0 Å². The summed E-state index contributed by atoms with van der Waals surface area (Å²) in [6.07, 6.45) is 7.14. The first-order chi connectivity index (χ1) is 13.3. The number of nitrogens with zero attached hydrogens (tertiary/aromatic N) is 3. The van der Waals surface area contributed by atoms with Crippen LogP contribution in [0.25, 0.3) is 44.9 Å². The second kappa shape index (κ2) is 6.17. The lowest BCUT2D eigenvalue weighted by molar-refractivity contribution is 0.628. The summed E-state index contributed by atoms with van der Waals surface area (Å²) >= 11 is 0. The zero-order valence-corrected chi connectivity index (χ0v) is 14.1. The van der Waals surface area contributed by atoms with Crippen molar-refractivity contribution in [3.8, 4) is 33.9 Å². The van der Waals surface area contributed by atoms with Gasteiger partial charge >= 0.3 is 0 Å². The number of aromatic amines is 2. The lowest BCUT2D eigenvalue weighted by Crippen LogP contribution is -1.86. The molecule has 6 heteroatoms. The van der Waals surface area contributed by atoms with E-state index in [1.54, 1.807) is 24.5 Å².